The number of carbonyl (C=O) groups is 3. The first kappa shape index (κ1) is 56.6. The molecule has 6 nitrogen and oxygen atoms in total. The Bertz CT molecular complexity index is 1000. The summed E-state index contributed by atoms with van der Waals surface area (Å²) in [6.07, 6.45) is 55.7. The largest absolute Gasteiger partial charge is 0.462 e. The lowest BCUT2D eigenvalue weighted by molar-refractivity contribution is -0.167. The molecule has 0 radical (unpaired) electrons. The van der Waals surface area contributed by atoms with Gasteiger partial charge in [0.1, 0.15) is 13.2 Å². The summed E-state index contributed by atoms with van der Waals surface area (Å²) >= 11 is 0. The number of allylic oxidation sites excluding steroid dienone is 6. The van der Waals surface area contributed by atoms with Crippen LogP contribution in [0.5, 0.6) is 0 Å². The highest BCUT2D eigenvalue weighted by molar-refractivity contribution is 5.71. The van der Waals surface area contributed by atoms with Gasteiger partial charge in [0.25, 0.3) is 0 Å². The van der Waals surface area contributed by atoms with E-state index in [0.29, 0.717) is 19.3 Å². The van der Waals surface area contributed by atoms with Crippen molar-refractivity contribution in [2.45, 2.75) is 271 Å². The quantitative estimate of drug-likeness (QED) is 0.0263. The van der Waals surface area contributed by atoms with Gasteiger partial charge in [-0.1, -0.05) is 218 Å². The average Bonchev–Trinajstić information content (AvgIpc) is 3.23. The normalized spacial score (nSPS) is 12.3. The highest BCUT2D eigenvalue weighted by Gasteiger charge is 2.19. The maximum atomic E-state index is 12.7. The second kappa shape index (κ2) is 48.3. The molecule has 0 aromatic heterocycles. The molecule has 344 valence electrons. The Kier molecular flexibility index (Phi) is 46.4. The number of esters is 3. The van der Waals surface area contributed by atoms with Gasteiger partial charge in [-0.25, -0.2) is 0 Å². The maximum Gasteiger partial charge on any atom is 0.306 e. The molecule has 0 amide bonds. The maximum absolute atomic E-state index is 12.7. The summed E-state index contributed by atoms with van der Waals surface area (Å²) in [5, 5.41) is 0. The van der Waals surface area contributed by atoms with Crippen molar-refractivity contribution in [2.24, 2.45) is 0 Å². The molecular formula is C53H96O6. The number of rotatable bonds is 46. The van der Waals surface area contributed by atoms with E-state index in [4.69, 9.17) is 14.2 Å². The summed E-state index contributed by atoms with van der Waals surface area (Å²) in [5.41, 5.74) is 0. The van der Waals surface area contributed by atoms with E-state index in [1.807, 2.05) is 0 Å². The lowest BCUT2D eigenvalue weighted by Crippen LogP contribution is -2.30. The first-order valence-corrected chi connectivity index (χ1v) is 25.5. The van der Waals surface area contributed by atoms with E-state index in [2.05, 4.69) is 57.2 Å². The predicted molar refractivity (Wildman–Crippen MR) is 252 cm³/mol. The van der Waals surface area contributed by atoms with Crippen LogP contribution in [0.15, 0.2) is 36.5 Å². The molecule has 1 unspecified atom stereocenters. The Morgan fingerprint density at radius 2 is 0.678 bits per heavy atom. The van der Waals surface area contributed by atoms with Crippen LogP contribution in [0.3, 0.4) is 0 Å². The second-order valence-electron chi connectivity index (χ2n) is 17.1. The molecule has 0 fully saturated rings. The zero-order chi connectivity index (χ0) is 43.0. The minimum Gasteiger partial charge on any atom is -0.462 e. The third-order valence-corrected chi connectivity index (χ3v) is 11.1. The van der Waals surface area contributed by atoms with E-state index >= 15 is 0 Å². The summed E-state index contributed by atoms with van der Waals surface area (Å²) in [5.74, 6) is -0.900. The van der Waals surface area contributed by atoms with E-state index in [-0.39, 0.29) is 31.1 Å². The Labute approximate surface area is 365 Å². The van der Waals surface area contributed by atoms with Crippen molar-refractivity contribution >= 4 is 17.9 Å². The topological polar surface area (TPSA) is 78.9 Å². The van der Waals surface area contributed by atoms with Gasteiger partial charge in [0.05, 0.1) is 0 Å². The lowest BCUT2D eigenvalue weighted by atomic mass is 10.0. The first-order valence-electron chi connectivity index (χ1n) is 25.5. The van der Waals surface area contributed by atoms with Crippen molar-refractivity contribution in [2.75, 3.05) is 13.2 Å². The molecule has 0 aliphatic carbocycles. The molecule has 0 aromatic rings. The fourth-order valence-corrected chi connectivity index (χ4v) is 7.29. The van der Waals surface area contributed by atoms with Crippen molar-refractivity contribution in [3.8, 4) is 0 Å². The van der Waals surface area contributed by atoms with E-state index in [0.717, 1.165) is 109 Å². The molecule has 0 aliphatic heterocycles. The number of hydrogen-bond donors (Lipinski definition) is 0. The lowest BCUT2D eigenvalue weighted by Gasteiger charge is -2.18. The van der Waals surface area contributed by atoms with Gasteiger partial charge in [-0.3, -0.25) is 14.4 Å². The summed E-state index contributed by atoms with van der Waals surface area (Å²) in [4.78, 5) is 37.8. The Morgan fingerprint density at radius 3 is 1.08 bits per heavy atom. The molecule has 0 heterocycles. The minimum absolute atomic E-state index is 0.0789. The van der Waals surface area contributed by atoms with Crippen LogP contribution in [0.1, 0.15) is 265 Å². The summed E-state index contributed by atoms with van der Waals surface area (Å²) in [6, 6.07) is 0. The Morgan fingerprint density at radius 1 is 0.356 bits per heavy atom. The van der Waals surface area contributed by atoms with Crippen molar-refractivity contribution in [3.05, 3.63) is 36.5 Å². The molecule has 0 aliphatic rings. The van der Waals surface area contributed by atoms with Gasteiger partial charge in [0, 0.05) is 19.3 Å². The standard InChI is InChI=1S/C53H96O6/c1-4-7-10-13-16-19-22-24-25-26-27-28-29-30-32-34-37-40-43-46-52(55)58-49-50(48-57-51(54)45-42-39-36-33-21-18-15-12-9-6-3)59-53(56)47-44-41-38-35-31-23-20-17-14-11-8-5-2/h8,11,15,17-18,20,50H,4-7,9-10,12-14,16,19,21-49H2,1-3H3/b11-8-,18-15-,20-17-. The van der Waals surface area contributed by atoms with E-state index < -0.39 is 6.10 Å². The van der Waals surface area contributed by atoms with Gasteiger partial charge in [0.15, 0.2) is 6.10 Å². The van der Waals surface area contributed by atoms with E-state index in [1.54, 1.807) is 0 Å². The number of carbonyl (C=O) groups excluding carboxylic acids is 3. The van der Waals surface area contributed by atoms with Crippen LogP contribution in [0, 0.1) is 0 Å². The molecule has 0 rings (SSSR count). The average molecular weight is 829 g/mol. The van der Waals surface area contributed by atoms with Crippen LogP contribution in [-0.2, 0) is 28.6 Å². The molecule has 0 N–H and O–H groups in total. The molecule has 6 heteroatoms. The summed E-state index contributed by atoms with van der Waals surface area (Å²) in [6.45, 7) is 6.48. The van der Waals surface area contributed by atoms with Crippen LogP contribution in [-0.4, -0.2) is 37.2 Å². The van der Waals surface area contributed by atoms with Crippen LogP contribution in [0.4, 0.5) is 0 Å². The highest BCUT2D eigenvalue weighted by Crippen LogP contribution is 2.16. The van der Waals surface area contributed by atoms with Crippen LogP contribution in [0.2, 0.25) is 0 Å². The van der Waals surface area contributed by atoms with Gasteiger partial charge >= 0.3 is 17.9 Å². The van der Waals surface area contributed by atoms with Crippen molar-refractivity contribution in [1.29, 1.82) is 0 Å². The molecule has 0 spiro atoms. The molecule has 1 atom stereocenters. The number of hydrogen-bond acceptors (Lipinski definition) is 6. The fourth-order valence-electron chi connectivity index (χ4n) is 7.29. The minimum atomic E-state index is -0.779. The molecular weight excluding hydrogens is 733 g/mol. The Hall–Kier alpha value is -2.37. The predicted octanol–water partition coefficient (Wildman–Crippen LogP) is 16.5. The zero-order valence-corrected chi connectivity index (χ0v) is 39.3. The number of ether oxygens (including phenoxy) is 3. The molecule has 0 saturated carbocycles. The van der Waals surface area contributed by atoms with Gasteiger partial charge < -0.3 is 14.2 Å². The molecule has 0 aromatic carbocycles. The van der Waals surface area contributed by atoms with Gasteiger partial charge in [-0.15, -0.1) is 0 Å². The van der Waals surface area contributed by atoms with Gasteiger partial charge in [-0.05, 0) is 64.2 Å². The number of unbranched alkanes of at least 4 members (excludes halogenated alkanes) is 29. The van der Waals surface area contributed by atoms with E-state index in [9.17, 15) is 14.4 Å². The third kappa shape index (κ3) is 46.5. The third-order valence-electron chi connectivity index (χ3n) is 11.1. The second-order valence-corrected chi connectivity index (χ2v) is 17.1. The van der Waals surface area contributed by atoms with E-state index in [1.165, 1.54) is 116 Å². The Balaban J connectivity index is 4.27. The van der Waals surface area contributed by atoms with Crippen molar-refractivity contribution in [1.82, 2.24) is 0 Å². The van der Waals surface area contributed by atoms with Crippen LogP contribution >= 0.6 is 0 Å². The van der Waals surface area contributed by atoms with Crippen molar-refractivity contribution < 1.29 is 28.6 Å². The van der Waals surface area contributed by atoms with Crippen LogP contribution in [0.25, 0.3) is 0 Å². The SMILES string of the molecule is CC/C=C\C/C=C\CCCCCCCC(=O)OC(COC(=O)CCCCCC/C=C\CCCC)COC(=O)CCCCCCCCCCCCCCCCCCCCC. The monoisotopic (exact) mass is 829 g/mol. The smallest absolute Gasteiger partial charge is 0.306 e. The highest BCUT2D eigenvalue weighted by atomic mass is 16.6. The first-order chi connectivity index (χ1) is 29.0. The van der Waals surface area contributed by atoms with Crippen LogP contribution < -0.4 is 0 Å². The molecule has 59 heavy (non-hydrogen) atoms. The van der Waals surface area contributed by atoms with Gasteiger partial charge in [0.2, 0.25) is 0 Å². The fraction of sp³-hybridized carbons (Fsp3) is 0.830. The van der Waals surface area contributed by atoms with Crippen molar-refractivity contribution in [3.63, 3.8) is 0 Å². The van der Waals surface area contributed by atoms with Gasteiger partial charge in [-0.2, -0.15) is 0 Å². The summed E-state index contributed by atoms with van der Waals surface area (Å²) < 4.78 is 16.7. The zero-order valence-electron chi connectivity index (χ0n) is 39.3. The molecule has 0 saturated heterocycles. The summed E-state index contributed by atoms with van der Waals surface area (Å²) in [7, 11) is 0. The molecule has 0 bridgehead atoms.